The highest BCUT2D eigenvalue weighted by atomic mass is 16.5. The third-order valence-corrected chi connectivity index (χ3v) is 5.68. The normalized spacial score (nSPS) is 15.4. The molecule has 1 amide bonds. The van der Waals surface area contributed by atoms with Crippen LogP contribution in [0.5, 0.6) is 0 Å². The number of pyridine rings is 1. The smallest absolute Gasteiger partial charge is 0.339 e. The number of nitriles is 1. The molecule has 0 unspecified atom stereocenters. The largest absolute Gasteiger partial charge is 0.463 e. The third-order valence-electron chi connectivity index (χ3n) is 5.68. The van der Waals surface area contributed by atoms with Gasteiger partial charge >= 0.3 is 5.97 Å². The Morgan fingerprint density at radius 2 is 2.12 bits per heavy atom. The summed E-state index contributed by atoms with van der Waals surface area (Å²) < 4.78 is 12.5. The summed E-state index contributed by atoms with van der Waals surface area (Å²) in [6.45, 7) is 3.46. The van der Waals surface area contributed by atoms with E-state index < -0.39 is 24.0 Å². The van der Waals surface area contributed by atoms with Crippen LogP contribution in [0, 0.1) is 11.3 Å². The number of esters is 1. The molecule has 0 radical (unpaired) electrons. The molecule has 1 aliphatic carbocycles. The second-order valence-corrected chi connectivity index (χ2v) is 8.33. The molecule has 9 heteroatoms. The Balaban J connectivity index is 1.56. The van der Waals surface area contributed by atoms with Gasteiger partial charge in [-0.25, -0.2) is 14.5 Å². The van der Waals surface area contributed by atoms with Gasteiger partial charge in [0.15, 0.2) is 18.0 Å². The first kappa shape index (κ1) is 21.6. The van der Waals surface area contributed by atoms with Gasteiger partial charge in [-0.3, -0.25) is 4.79 Å². The molecular formula is C23H25N5O4. The van der Waals surface area contributed by atoms with Gasteiger partial charge in [-0.05, 0) is 44.9 Å². The van der Waals surface area contributed by atoms with E-state index in [-0.39, 0.29) is 11.6 Å². The summed E-state index contributed by atoms with van der Waals surface area (Å²) in [6, 6.07) is 7.31. The molecule has 0 bridgehead atoms. The SMILES string of the molecule is CC(C)n1ncc2c(C(=O)OCC(=O)NC3(C#N)CCCCC3)cc(-c3ccco3)nc21. The molecule has 4 rings (SSSR count). The Morgan fingerprint density at radius 3 is 2.78 bits per heavy atom. The number of fused-ring (bicyclic) bond motifs is 1. The number of hydrogen-bond donors (Lipinski definition) is 1. The van der Waals surface area contributed by atoms with Crippen molar-refractivity contribution in [3.8, 4) is 17.5 Å². The van der Waals surface area contributed by atoms with Crippen LogP contribution in [-0.2, 0) is 9.53 Å². The van der Waals surface area contributed by atoms with Crippen molar-refractivity contribution in [3.05, 3.63) is 36.2 Å². The molecular weight excluding hydrogens is 410 g/mol. The molecule has 0 atom stereocenters. The molecule has 1 aliphatic rings. The van der Waals surface area contributed by atoms with Gasteiger partial charge in [0.1, 0.15) is 11.2 Å². The molecule has 3 aromatic heterocycles. The van der Waals surface area contributed by atoms with Gasteiger partial charge in [0.2, 0.25) is 0 Å². The van der Waals surface area contributed by atoms with Crippen molar-refractivity contribution in [2.45, 2.75) is 57.5 Å². The molecule has 0 aromatic carbocycles. The zero-order valence-corrected chi connectivity index (χ0v) is 18.1. The van der Waals surface area contributed by atoms with Crippen LogP contribution >= 0.6 is 0 Å². The monoisotopic (exact) mass is 435 g/mol. The van der Waals surface area contributed by atoms with E-state index in [1.807, 2.05) is 13.8 Å². The number of aromatic nitrogens is 3. The van der Waals surface area contributed by atoms with E-state index in [0.717, 1.165) is 19.3 Å². The molecule has 9 nitrogen and oxygen atoms in total. The highest BCUT2D eigenvalue weighted by Crippen LogP contribution is 2.28. The van der Waals surface area contributed by atoms with Crippen LogP contribution in [0.2, 0.25) is 0 Å². The maximum Gasteiger partial charge on any atom is 0.339 e. The van der Waals surface area contributed by atoms with Crippen molar-refractivity contribution >= 4 is 22.9 Å². The van der Waals surface area contributed by atoms with Crippen LogP contribution in [0.15, 0.2) is 35.1 Å². The Morgan fingerprint density at radius 1 is 1.34 bits per heavy atom. The average molecular weight is 435 g/mol. The summed E-state index contributed by atoms with van der Waals surface area (Å²) >= 11 is 0. The summed E-state index contributed by atoms with van der Waals surface area (Å²) in [6.07, 6.45) is 7.13. The lowest BCUT2D eigenvalue weighted by Crippen LogP contribution is -2.50. The van der Waals surface area contributed by atoms with Crippen molar-refractivity contribution in [3.63, 3.8) is 0 Å². The van der Waals surface area contributed by atoms with Gasteiger partial charge in [0.25, 0.3) is 5.91 Å². The van der Waals surface area contributed by atoms with Crippen LogP contribution in [0.3, 0.4) is 0 Å². The van der Waals surface area contributed by atoms with E-state index in [0.29, 0.717) is 35.3 Å². The molecule has 166 valence electrons. The van der Waals surface area contributed by atoms with Crippen LogP contribution in [0.25, 0.3) is 22.5 Å². The fourth-order valence-corrected chi connectivity index (χ4v) is 4.05. The highest BCUT2D eigenvalue weighted by molar-refractivity contribution is 6.04. The van der Waals surface area contributed by atoms with E-state index >= 15 is 0 Å². The van der Waals surface area contributed by atoms with E-state index in [1.54, 1.807) is 29.1 Å². The minimum absolute atomic E-state index is 0.0270. The number of furan rings is 1. The van der Waals surface area contributed by atoms with E-state index in [1.165, 1.54) is 6.26 Å². The number of hydrogen-bond acceptors (Lipinski definition) is 7. The number of ether oxygens (including phenoxy) is 1. The predicted octanol–water partition coefficient (Wildman–Crippen LogP) is 3.77. The number of nitrogens with one attached hydrogen (secondary N) is 1. The lowest BCUT2D eigenvalue weighted by molar-refractivity contribution is -0.125. The summed E-state index contributed by atoms with van der Waals surface area (Å²) in [4.78, 5) is 30.0. The number of carbonyl (C=O) groups is 2. The Kier molecular flexibility index (Phi) is 5.95. The molecule has 0 aliphatic heterocycles. The lowest BCUT2D eigenvalue weighted by Gasteiger charge is -2.31. The fourth-order valence-electron chi connectivity index (χ4n) is 4.05. The van der Waals surface area contributed by atoms with Gasteiger partial charge in [-0.1, -0.05) is 19.3 Å². The Labute approximate surface area is 185 Å². The molecule has 0 saturated heterocycles. The van der Waals surface area contributed by atoms with Gasteiger partial charge in [-0.2, -0.15) is 10.4 Å². The molecule has 1 N–H and O–H groups in total. The number of nitrogens with zero attached hydrogens (tertiary/aromatic N) is 4. The van der Waals surface area contributed by atoms with Crippen molar-refractivity contribution < 1.29 is 18.7 Å². The van der Waals surface area contributed by atoms with Crippen LogP contribution in [0.4, 0.5) is 0 Å². The zero-order valence-electron chi connectivity index (χ0n) is 18.1. The van der Waals surface area contributed by atoms with Crippen LogP contribution < -0.4 is 5.32 Å². The van der Waals surface area contributed by atoms with Crippen LogP contribution in [-0.4, -0.2) is 38.8 Å². The minimum Gasteiger partial charge on any atom is -0.463 e. The summed E-state index contributed by atoms with van der Waals surface area (Å²) in [5.74, 6) is -0.655. The van der Waals surface area contributed by atoms with Crippen molar-refractivity contribution in [2.75, 3.05) is 6.61 Å². The van der Waals surface area contributed by atoms with Gasteiger partial charge in [0.05, 0.1) is 29.5 Å². The first-order chi connectivity index (χ1) is 15.4. The lowest BCUT2D eigenvalue weighted by atomic mass is 9.83. The van der Waals surface area contributed by atoms with Gasteiger partial charge in [0, 0.05) is 6.04 Å². The standard InChI is InChI=1S/C23H25N5O4/c1-15(2)28-21-17(12-25-28)16(11-18(26-21)19-7-6-10-31-19)22(30)32-13-20(29)27-23(14-24)8-4-3-5-9-23/h6-7,10-12,15H,3-5,8-9,13H2,1-2H3,(H,27,29). The predicted molar refractivity (Wildman–Crippen MR) is 115 cm³/mol. The molecule has 1 fully saturated rings. The van der Waals surface area contributed by atoms with Crippen LogP contribution in [0.1, 0.15) is 62.4 Å². The van der Waals surface area contributed by atoms with Crippen molar-refractivity contribution in [1.29, 1.82) is 5.26 Å². The third kappa shape index (κ3) is 4.21. The van der Waals surface area contributed by atoms with E-state index in [9.17, 15) is 14.9 Å². The maximum atomic E-state index is 12.9. The van der Waals surface area contributed by atoms with Gasteiger partial charge in [-0.15, -0.1) is 0 Å². The molecule has 3 heterocycles. The van der Waals surface area contributed by atoms with Gasteiger partial charge < -0.3 is 14.5 Å². The second-order valence-electron chi connectivity index (χ2n) is 8.33. The van der Waals surface area contributed by atoms with Crippen molar-refractivity contribution in [1.82, 2.24) is 20.1 Å². The number of amides is 1. The molecule has 1 saturated carbocycles. The second kappa shape index (κ2) is 8.83. The first-order valence-electron chi connectivity index (χ1n) is 10.7. The minimum atomic E-state index is -0.878. The zero-order chi connectivity index (χ0) is 22.7. The fraction of sp³-hybridized carbons (Fsp3) is 0.435. The summed E-state index contributed by atoms with van der Waals surface area (Å²) in [7, 11) is 0. The quantitative estimate of drug-likeness (QED) is 0.585. The average Bonchev–Trinajstić information content (AvgIpc) is 3.47. The maximum absolute atomic E-state index is 12.9. The molecule has 0 spiro atoms. The molecule has 3 aromatic rings. The topological polar surface area (TPSA) is 123 Å². The highest BCUT2D eigenvalue weighted by Gasteiger charge is 2.33. The van der Waals surface area contributed by atoms with E-state index in [4.69, 9.17) is 9.15 Å². The Bertz CT molecular complexity index is 1170. The molecule has 32 heavy (non-hydrogen) atoms. The first-order valence-corrected chi connectivity index (χ1v) is 10.7. The van der Waals surface area contributed by atoms with E-state index in [2.05, 4.69) is 21.5 Å². The Hall–Kier alpha value is -3.67. The van der Waals surface area contributed by atoms with Crippen molar-refractivity contribution in [2.24, 2.45) is 0 Å². The summed E-state index contributed by atoms with van der Waals surface area (Å²) in [5, 5.41) is 17.2. The summed E-state index contributed by atoms with van der Waals surface area (Å²) in [5.41, 5.74) is 0.355. The number of rotatable bonds is 6. The number of carbonyl (C=O) groups excluding carboxylic acids is 2.